The third-order valence-electron chi connectivity index (χ3n) is 0.0630. The summed E-state index contributed by atoms with van der Waals surface area (Å²) in [5, 5.41) is 0. The van der Waals surface area contributed by atoms with Crippen molar-refractivity contribution in [2.75, 3.05) is 0 Å². The van der Waals surface area contributed by atoms with Crippen LogP contribution in [0.25, 0.3) is 0 Å². The van der Waals surface area contributed by atoms with E-state index in [2.05, 4.69) is 26.7 Å². The van der Waals surface area contributed by atoms with Gasteiger partial charge < -0.3 is 3.83 Å². The largest absolute Gasteiger partial charge is 0.427 e. The first-order chi connectivity index (χ1) is 1.91. The van der Waals surface area contributed by atoms with Gasteiger partial charge in [-0.3, -0.25) is 0 Å². The summed E-state index contributed by atoms with van der Waals surface area (Å²) in [5.41, 5.74) is 0. The minimum atomic E-state index is 1.29. The van der Waals surface area contributed by atoms with Gasteiger partial charge in [0.1, 0.15) is 0 Å². The molecule has 0 saturated carbocycles. The number of halogens is 1. The topological polar surface area (TPSA) is 9.23 Å². The summed E-state index contributed by atoms with van der Waals surface area (Å²) in [6.07, 6.45) is 1.29. The molecule has 4 heavy (non-hydrogen) atoms. The van der Waals surface area contributed by atoms with E-state index in [-0.39, 0.29) is 0 Å². The molecule has 24 valence electrons. The highest BCUT2D eigenvalue weighted by Crippen LogP contribution is 1.77. The normalized spacial score (nSPS) is 5.25. The molecular weight excluding hydrogens is 120 g/mol. The van der Waals surface area contributed by atoms with Gasteiger partial charge in [0.2, 0.25) is 0 Å². The summed E-state index contributed by atoms with van der Waals surface area (Å²) in [4.78, 5) is 0. The molecule has 0 N–H and O–H groups in total. The Balaban J connectivity index is 2.30. The van der Waals surface area contributed by atoms with Gasteiger partial charge in [-0.25, -0.2) is 0 Å². The Labute approximate surface area is 33.7 Å². The van der Waals surface area contributed by atoms with Gasteiger partial charge in [0.25, 0.3) is 0 Å². The van der Waals surface area contributed by atoms with Crippen LogP contribution < -0.4 is 0 Å². The molecule has 0 radical (unpaired) electrons. The zero-order valence-corrected chi connectivity index (χ0v) is 3.66. The summed E-state index contributed by atoms with van der Waals surface area (Å²) in [6.45, 7) is 3.21. The molecule has 2 heteroatoms. The van der Waals surface area contributed by atoms with Crippen molar-refractivity contribution in [3.8, 4) is 0 Å². The monoisotopic (exact) mass is 122 g/mol. The summed E-state index contributed by atoms with van der Waals surface area (Å²) in [5.74, 6) is 0. The van der Waals surface area contributed by atoms with Crippen molar-refractivity contribution < 1.29 is 3.83 Å². The van der Waals surface area contributed by atoms with Gasteiger partial charge in [-0.1, -0.05) is 6.58 Å². The second kappa shape index (κ2) is 3.02. The van der Waals surface area contributed by atoms with Gasteiger partial charge in [-0.05, 0) is 0 Å². The number of hydrogen-bond acceptors (Lipinski definition) is 1. The van der Waals surface area contributed by atoms with Gasteiger partial charge >= 0.3 is 0 Å². The van der Waals surface area contributed by atoms with Crippen LogP contribution in [0.3, 0.4) is 0 Å². The molecule has 0 aromatic rings. The Morgan fingerprint density at radius 1 is 2.00 bits per heavy atom. The Morgan fingerprint density at radius 2 is 2.25 bits per heavy atom. The van der Waals surface area contributed by atoms with Gasteiger partial charge in [-0.15, -0.1) is 0 Å². The highest BCUT2D eigenvalue weighted by molar-refractivity contribution is 9.06. The predicted octanol–water partition coefficient (Wildman–Crippen LogP) is 1.46. The molecule has 0 spiro atoms. The van der Waals surface area contributed by atoms with Crippen molar-refractivity contribution in [3.63, 3.8) is 0 Å². The molecule has 0 bridgehead atoms. The summed E-state index contributed by atoms with van der Waals surface area (Å²) in [6, 6.07) is 0. The van der Waals surface area contributed by atoms with E-state index >= 15 is 0 Å². The van der Waals surface area contributed by atoms with Gasteiger partial charge in [0.05, 0.1) is 6.26 Å². The molecule has 0 heterocycles. The van der Waals surface area contributed by atoms with E-state index in [1.54, 1.807) is 0 Å². The maximum absolute atomic E-state index is 4.12. The zero-order valence-electron chi connectivity index (χ0n) is 2.07. The molecule has 1 nitrogen and oxygen atoms in total. The van der Waals surface area contributed by atoms with Gasteiger partial charge in [-0.2, -0.15) is 0 Å². The molecule has 0 saturated heterocycles. The lowest BCUT2D eigenvalue weighted by molar-refractivity contribution is 0.600. The molecule has 0 unspecified atom stereocenters. The minimum absolute atomic E-state index is 1.29. The van der Waals surface area contributed by atoms with Crippen LogP contribution >= 0.6 is 16.3 Å². The molecule has 0 atom stereocenters. The predicted molar refractivity (Wildman–Crippen MR) is 20.2 cm³/mol. The average Bonchev–Trinajstić information content (AvgIpc) is 1.37. The fourth-order valence-corrected chi connectivity index (χ4v) is 0. The lowest BCUT2D eigenvalue weighted by atomic mass is 11.2. The van der Waals surface area contributed by atoms with Crippen LogP contribution in [0.4, 0.5) is 0 Å². The van der Waals surface area contributed by atoms with Crippen LogP contribution in [0.5, 0.6) is 0 Å². The molecule has 0 aliphatic carbocycles. The second-order valence-electron chi connectivity index (χ2n) is 0.256. The molecule has 0 aliphatic rings. The number of hydrogen-bond donors (Lipinski definition) is 0. The molecular formula is C2H3BrO. The average molecular weight is 123 g/mol. The molecule has 0 fully saturated rings. The van der Waals surface area contributed by atoms with Crippen LogP contribution in [-0.2, 0) is 3.83 Å². The van der Waals surface area contributed by atoms with Crippen LogP contribution in [0.15, 0.2) is 12.8 Å². The van der Waals surface area contributed by atoms with Crippen LogP contribution in [0.1, 0.15) is 0 Å². The summed E-state index contributed by atoms with van der Waals surface area (Å²) < 4.78 is 4.12. The second-order valence-corrected chi connectivity index (χ2v) is 0.630. The van der Waals surface area contributed by atoms with Gasteiger partial charge in [0.15, 0.2) is 16.3 Å². The summed E-state index contributed by atoms with van der Waals surface area (Å²) >= 11 is 2.63. The fourth-order valence-electron chi connectivity index (χ4n) is 0. The van der Waals surface area contributed by atoms with Crippen molar-refractivity contribution in [1.29, 1.82) is 0 Å². The first-order valence-electron chi connectivity index (χ1n) is 0.798. The lowest BCUT2D eigenvalue weighted by Crippen LogP contribution is -1.36. The van der Waals surface area contributed by atoms with E-state index in [0.29, 0.717) is 0 Å². The van der Waals surface area contributed by atoms with Crippen molar-refractivity contribution in [2.24, 2.45) is 0 Å². The maximum Gasteiger partial charge on any atom is 0.178 e. The highest BCUT2D eigenvalue weighted by Gasteiger charge is 1.41. The Morgan fingerprint density at radius 3 is 2.25 bits per heavy atom. The lowest BCUT2D eigenvalue weighted by Gasteiger charge is -1.66. The Bertz CT molecular complexity index is 20.0. The number of rotatable bonds is 1. The van der Waals surface area contributed by atoms with Gasteiger partial charge in [0, 0.05) is 0 Å². The van der Waals surface area contributed by atoms with Crippen molar-refractivity contribution in [2.45, 2.75) is 0 Å². The molecule has 0 rings (SSSR count). The standard InChI is InChI=1S/C2H3BrO/c1-2-4-3/h2H,1H2. The highest BCUT2D eigenvalue weighted by atomic mass is 79.9. The molecule has 0 aromatic carbocycles. The quantitative estimate of drug-likeness (QED) is 0.479. The third kappa shape index (κ3) is 2.02. The van der Waals surface area contributed by atoms with E-state index in [1.165, 1.54) is 6.26 Å². The summed E-state index contributed by atoms with van der Waals surface area (Å²) in [7, 11) is 0. The van der Waals surface area contributed by atoms with Crippen LogP contribution in [0, 0.1) is 0 Å². The molecule has 0 amide bonds. The first kappa shape index (κ1) is 4.02. The fraction of sp³-hybridized carbons (Fsp3) is 0. The van der Waals surface area contributed by atoms with E-state index in [0.717, 1.165) is 0 Å². The maximum atomic E-state index is 4.12. The van der Waals surface area contributed by atoms with Crippen molar-refractivity contribution in [3.05, 3.63) is 12.8 Å². The van der Waals surface area contributed by atoms with Crippen molar-refractivity contribution >= 4 is 16.3 Å². The molecule has 0 aliphatic heterocycles. The Kier molecular flexibility index (Phi) is 3.04. The smallest absolute Gasteiger partial charge is 0.178 e. The van der Waals surface area contributed by atoms with E-state index < -0.39 is 0 Å². The SMILES string of the molecule is C=COBr. The Hall–Kier alpha value is 0.0200. The minimum Gasteiger partial charge on any atom is -0.427 e. The molecule has 0 aromatic heterocycles. The van der Waals surface area contributed by atoms with Crippen LogP contribution in [0.2, 0.25) is 0 Å². The first-order valence-corrected chi connectivity index (χ1v) is 1.45. The van der Waals surface area contributed by atoms with E-state index in [9.17, 15) is 0 Å². The third-order valence-corrected chi connectivity index (χ3v) is 0.327. The van der Waals surface area contributed by atoms with E-state index in [4.69, 9.17) is 0 Å². The van der Waals surface area contributed by atoms with E-state index in [1.807, 2.05) is 0 Å². The van der Waals surface area contributed by atoms with Crippen LogP contribution in [-0.4, -0.2) is 0 Å². The van der Waals surface area contributed by atoms with Crippen molar-refractivity contribution in [1.82, 2.24) is 0 Å². The zero-order chi connectivity index (χ0) is 3.41.